The standard InChI is InChI=1S/C44H27/c1-2-14-32-28-43-33(27-31(32)13-1)16-8-20-38(43)41-24-10-23-40(37-19-7-15-29-11-3-5-17-34(29)37)44(41)42-22-9-21-36-35-18-6-4-12-30(35)25-26-39(36)42/h1-22,24-28H. The molecule has 0 fully saturated rings. The van der Waals surface area contributed by atoms with Crippen LogP contribution < -0.4 is 0 Å². The van der Waals surface area contributed by atoms with Crippen molar-refractivity contribution in [3.8, 4) is 33.4 Å². The van der Waals surface area contributed by atoms with E-state index in [9.17, 15) is 0 Å². The lowest BCUT2D eigenvalue weighted by Crippen LogP contribution is -1.94. The zero-order chi connectivity index (χ0) is 29.0. The van der Waals surface area contributed by atoms with Crippen LogP contribution in [0.15, 0.2) is 164 Å². The Morgan fingerprint density at radius 2 is 0.886 bits per heavy atom. The highest BCUT2D eigenvalue weighted by Crippen LogP contribution is 2.46. The van der Waals surface area contributed by atoms with Gasteiger partial charge in [-0.05, 0) is 105 Å². The number of hydrogen-bond donors (Lipinski definition) is 0. The van der Waals surface area contributed by atoms with E-state index in [0.717, 1.165) is 5.56 Å². The van der Waals surface area contributed by atoms with Crippen molar-refractivity contribution in [2.24, 2.45) is 0 Å². The van der Waals surface area contributed by atoms with Crippen molar-refractivity contribution in [1.29, 1.82) is 0 Å². The van der Waals surface area contributed by atoms with Gasteiger partial charge in [-0.25, -0.2) is 0 Å². The monoisotopic (exact) mass is 555 g/mol. The van der Waals surface area contributed by atoms with Gasteiger partial charge in [0.1, 0.15) is 0 Å². The predicted octanol–water partition coefficient (Wildman–Crippen LogP) is 12.3. The molecule has 0 bridgehead atoms. The second-order valence-electron chi connectivity index (χ2n) is 11.6. The van der Waals surface area contributed by atoms with Gasteiger partial charge >= 0.3 is 0 Å². The van der Waals surface area contributed by atoms with Crippen molar-refractivity contribution >= 4 is 53.9 Å². The van der Waals surface area contributed by atoms with Crippen LogP contribution in [0.4, 0.5) is 0 Å². The fourth-order valence-electron chi connectivity index (χ4n) is 7.12. The van der Waals surface area contributed by atoms with Crippen LogP contribution in [-0.4, -0.2) is 0 Å². The predicted molar refractivity (Wildman–Crippen MR) is 189 cm³/mol. The average molecular weight is 556 g/mol. The SMILES string of the molecule is [c]1ccc(-c2cccc3cc4ccccc4cc23)c(-c2cccc3c2ccc2ccccc23)c1-c1cccc2ccccc12. The molecule has 0 amide bonds. The highest BCUT2D eigenvalue weighted by atomic mass is 14.2. The van der Waals surface area contributed by atoms with E-state index < -0.39 is 0 Å². The summed E-state index contributed by atoms with van der Waals surface area (Å²) in [4.78, 5) is 0. The van der Waals surface area contributed by atoms with Gasteiger partial charge in [0.2, 0.25) is 0 Å². The van der Waals surface area contributed by atoms with Crippen LogP contribution >= 0.6 is 0 Å². The molecular formula is C44H27. The molecule has 0 aromatic heterocycles. The maximum Gasteiger partial charge on any atom is -0.00139 e. The van der Waals surface area contributed by atoms with Crippen LogP contribution in [0.3, 0.4) is 0 Å². The molecule has 9 aromatic carbocycles. The molecule has 0 saturated heterocycles. The molecular weight excluding hydrogens is 528 g/mol. The Hall–Kier alpha value is -5.72. The first-order chi connectivity index (χ1) is 21.8. The summed E-state index contributed by atoms with van der Waals surface area (Å²) in [6.07, 6.45) is 0. The number of benzene rings is 9. The summed E-state index contributed by atoms with van der Waals surface area (Å²) in [7, 11) is 0. The van der Waals surface area contributed by atoms with Crippen LogP contribution in [0.1, 0.15) is 0 Å². The molecule has 0 unspecified atom stereocenters. The maximum absolute atomic E-state index is 3.73. The van der Waals surface area contributed by atoms with Crippen molar-refractivity contribution in [3.63, 3.8) is 0 Å². The Morgan fingerprint density at radius 3 is 1.73 bits per heavy atom. The van der Waals surface area contributed by atoms with Crippen molar-refractivity contribution in [1.82, 2.24) is 0 Å². The Balaban J connectivity index is 1.43. The minimum Gasteiger partial charge on any atom is -0.0616 e. The highest BCUT2D eigenvalue weighted by Gasteiger charge is 2.19. The third-order valence-corrected chi connectivity index (χ3v) is 9.15. The van der Waals surface area contributed by atoms with Gasteiger partial charge in [-0.15, -0.1) is 0 Å². The number of rotatable bonds is 3. The van der Waals surface area contributed by atoms with Gasteiger partial charge in [-0.1, -0.05) is 152 Å². The molecule has 0 aliphatic carbocycles. The summed E-state index contributed by atoms with van der Waals surface area (Å²) in [6, 6.07) is 63.4. The molecule has 0 heterocycles. The van der Waals surface area contributed by atoms with E-state index in [4.69, 9.17) is 0 Å². The molecule has 0 atom stereocenters. The molecule has 9 aromatic rings. The van der Waals surface area contributed by atoms with Crippen molar-refractivity contribution in [3.05, 3.63) is 170 Å². The van der Waals surface area contributed by atoms with Gasteiger partial charge in [0.15, 0.2) is 0 Å². The first-order valence-electron chi connectivity index (χ1n) is 15.2. The average Bonchev–Trinajstić information content (AvgIpc) is 3.09. The minimum absolute atomic E-state index is 1.12. The number of hydrogen-bond acceptors (Lipinski definition) is 0. The maximum atomic E-state index is 3.73. The molecule has 0 heteroatoms. The molecule has 0 aliphatic rings. The zero-order valence-corrected chi connectivity index (χ0v) is 24.1. The minimum atomic E-state index is 1.12. The third-order valence-electron chi connectivity index (χ3n) is 9.15. The van der Waals surface area contributed by atoms with Crippen LogP contribution in [0.2, 0.25) is 0 Å². The van der Waals surface area contributed by atoms with Gasteiger partial charge in [0, 0.05) is 0 Å². The fraction of sp³-hybridized carbons (Fsp3) is 0. The Bertz CT molecular complexity index is 2550. The van der Waals surface area contributed by atoms with Gasteiger partial charge in [0.05, 0.1) is 0 Å². The molecule has 0 saturated carbocycles. The van der Waals surface area contributed by atoms with E-state index in [0.29, 0.717) is 0 Å². The molecule has 0 spiro atoms. The van der Waals surface area contributed by atoms with Crippen LogP contribution in [0.25, 0.3) is 87.2 Å². The molecule has 203 valence electrons. The summed E-state index contributed by atoms with van der Waals surface area (Å²) in [5, 5.41) is 12.5. The third kappa shape index (κ3) is 3.85. The first kappa shape index (κ1) is 24.8. The second kappa shape index (κ2) is 9.93. The van der Waals surface area contributed by atoms with Gasteiger partial charge in [-0.3, -0.25) is 0 Å². The van der Waals surface area contributed by atoms with Gasteiger partial charge < -0.3 is 0 Å². The lowest BCUT2D eigenvalue weighted by molar-refractivity contribution is 1.59. The van der Waals surface area contributed by atoms with E-state index in [-0.39, 0.29) is 0 Å². The van der Waals surface area contributed by atoms with Crippen molar-refractivity contribution in [2.75, 3.05) is 0 Å². The molecule has 9 rings (SSSR count). The Kier molecular flexibility index (Phi) is 5.61. The quantitative estimate of drug-likeness (QED) is 0.150. The van der Waals surface area contributed by atoms with Gasteiger partial charge in [-0.2, -0.15) is 0 Å². The van der Waals surface area contributed by atoms with Crippen LogP contribution in [0.5, 0.6) is 0 Å². The molecule has 0 nitrogen and oxygen atoms in total. The summed E-state index contributed by atoms with van der Waals surface area (Å²) in [6.45, 7) is 0. The molecule has 0 aliphatic heterocycles. The molecule has 1 radical (unpaired) electrons. The van der Waals surface area contributed by atoms with Crippen molar-refractivity contribution < 1.29 is 0 Å². The molecule has 44 heavy (non-hydrogen) atoms. The number of fused-ring (bicyclic) bond motifs is 6. The highest BCUT2D eigenvalue weighted by molar-refractivity contribution is 6.16. The smallest absolute Gasteiger partial charge is 0.00139 e. The van der Waals surface area contributed by atoms with Crippen molar-refractivity contribution in [2.45, 2.75) is 0 Å². The van der Waals surface area contributed by atoms with E-state index in [1.54, 1.807) is 0 Å². The fourth-order valence-corrected chi connectivity index (χ4v) is 7.12. The molecule has 0 N–H and O–H groups in total. The lowest BCUT2D eigenvalue weighted by atomic mass is 9.83. The summed E-state index contributed by atoms with van der Waals surface area (Å²) < 4.78 is 0. The van der Waals surface area contributed by atoms with E-state index >= 15 is 0 Å². The Morgan fingerprint density at radius 1 is 0.295 bits per heavy atom. The normalized spacial score (nSPS) is 11.6. The Labute approximate surface area is 256 Å². The van der Waals surface area contributed by atoms with Crippen LogP contribution in [0, 0.1) is 6.07 Å². The second-order valence-corrected chi connectivity index (χ2v) is 11.6. The topological polar surface area (TPSA) is 0 Å². The van der Waals surface area contributed by atoms with E-state index in [1.807, 2.05) is 0 Å². The van der Waals surface area contributed by atoms with Gasteiger partial charge in [0.25, 0.3) is 0 Å². The zero-order valence-electron chi connectivity index (χ0n) is 24.1. The van der Waals surface area contributed by atoms with E-state index in [2.05, 4.69) is 170 Å². The van der Waals surface area contributed by atoms with Crippen LogP contribution in [-0.2, 0) is 0 Å². The summed E-state index contributed by atoms with van der Waals surface area (Å²) in [5.74, 6) is 0. The lowest BCUT2D eigenvalue weighted by Gasteiger charge is -2.20. The van der Waals surface area contributed by atoms with E-state index in [1.165, 1.54) is 81.7 Å². The summed E-state index contributed by atoms with van der Waals surface area (Å²) >= 11 is 0. The summed E-state index contributed by atoms with van der Waals surface area (Å²) in [5.41, 5.74) is 7.21. The largest absolute Gasteiger partial charge is 0.0616 e. The first-order valence-corrected chi connectivity index (χ1v) is 15.2.